The Morgan fingerprint density at radius 2 is 2.12 bits per heavy atom. The Bertz CT molecular complexity index is 503. The van der Waals surface area contributed by atoms with Gasteiger partial charge in [-0.1, -0.05) is 0 Å². The summed E-state index contributed by atoms with van der Waals surface area (Å²) >= 11 is 3.24. The minimum Gasteiger partial charge on any atom is -0.398 e. The Hall–Kier alpha value is -0.630. The highest BCUT2D eigenvalue weighted by atomic mass is 79.9. The van der Waals surface area contributed by atoms with Crippen molar-refractivity contribution in [2.24, 2.45) is 0 Å². The number of aliphatic hydroxyl groups is 1. The van der Waals surface area contributed by atoms with E-state index in [1.165, 1.54) is 6.07 Å². The number of nitrogens with two attached hydrogens (primary N) is 1. The maximum Gasteiger partial charge on any atom is 0.240 e. The van der Waals surface area contributed by atoms with Gasteiger partial charge < -0.3 is 10.8 Å². The van der Waals surface area contributed by atoms with Gasteiger partial charge in [-0.2, -0.15) is 0 Å². The monoisotopic (exact) mass is 322 g/mol. The van der Waals surface area contributed by atoms with Crippen molar-refractivity contribution in [3.05, 3.63) is 22.2 Å². The summed E-state index contributed by atoms with van der Waals surface area (Å²) in [5.41, 5.74) is 6.65. The van der Waals surface area contributed by atoms with Crippen LogP contribution in [0.25, 0.3) is 0 Å². The third-order valence-corrected chi connectivity index (χ3v) is 4.50. The van der Waals surface area contributed by atoms with Gasteiger partial charge in [0.05, 0.1) is 4.90 Å². The average molecular weight is 323 g/mol. The Morgan fingerprint density at radius 1 is 1.47 bits per heavy atom. The van der Waals surface area contributed by atoms with E-state index in [4.69, 9.17) is 10.8 Å². The average Bonchev–Trinajstić information content (AvgIpc) is 2.23. The Morgan fingerprint density at radius 3 is 2.71 bits per heavy atom. The SMILES string of the molecule is Cc1cc(Br)c(N)cc1S(=O)(=O)NCCCO. The third-order valence-electron chi connectivity index (χ3n) is 2.21. The van der Waals surface area contributed by atoms with E-state index in [0.717, 1.165) is 0 Å². The van der Waals surface area contributed by atoms with E-state index in [-0.39, 0.29) is 18.0 Å². The molecule has 0 unspecified atom stereocenters. The first-order valence-corrected chi connectivity index (χ1v) is 7.32. The fraction of sp³-hybridized carbons (Fsp3) is 0.400. The van der Waals surface area contributed by atoms with Gasteiger partial charge in [0, 0.05) is 23.3 Å². The normalized spacial score (nSPS) is 11.7. The van der Waals surface area contributed by atoms with Gasteiger partial charge in [-0.3, -0.25) is 0 Å². The van der Waals surface area contributed by atoms with Crippen LogP contribution >= 0.6 is 15.9 Å². The van der Waals surface area contributed by atoms with Crippen molar-refractivity contribution in [2.45, 2.75) is 18.2 Å². The van der Waals surface area contributed by atoms with Gasteiger partial charge in [0.15, 0.2) is 0 Å². The summed E-state index contributed by atoms with van der Waals surface area (Å²) in [5.74, 6) is 0. The zero-order valence-corrected chi connectivity index (χ0v) is 11.8. The number of aryl methyl sites for hydroxylation is 1. The van der Waals surface area contributed by atoms with Crippen molar-refractivity contribution in [1.82, 2.24) is 4.72 Å². The largest absolute Gasteiger partial charge is 0.398 e. The van der Waals surface area contributed by atoms with Crippen molar-refractivity contribution >= 4 is 31.6 Å². The third kappa shape index (κ3) is 3.67. The molecule has 0 radical (unpaired) electrons. The molecule has 0 saturated heterocycles. The molecule has 0 aliphatic heterocycles. The van der Waals surface area contributed by atoms with Crippen LogP contribution in [0.2, 0.25) is 0 Å². The smallest absolute Gasteiger partial charge is 0.240 e. The fourth-order valence-corrected chi connectivity index (χ4v) is 3.11. The molecule has 0 aliphatic rings. The van der Waals surface area contributed by atoms with Crippen LogP contribution < -0.4 is 10.5 Å². The predicted octanol–water partition coefficient (Wildman–Crippen LogP) is 1.00. The highest BCUT2D eigenvalue weighted by Crippen LogP contribution is 2.26. The number of hydrogen-bond donors (Lipinski definition) is 3. The van der Waals surface area contributed by atoms with E-state index < -0.39 is 10.0 Å². The van der Waals surface area contributed by atoms with Gasteiger partial charge in [0.1, 0.15) is 0 Å². The number of halogens is 1. The van der Waals surface area contributed by atoms with Crippen molar-refractivity contribution in [1.29, 1.82) is 0 Å². The van der Waals surface area contributed by atoms with Crippen LogP contribution in [0.5, 0.6) is 0 Å². The van der Waals surface area contributed by atoms with Crippen molar-refractivity contribution in [2.75, 3.05) is 18.9 Å². The molecule has 0 aromatic heterocycles. The van der Waals surface area contributed by atoms with E-state index in [2.05, 4.69) is 20.7 Å². The highest BCUT2D eigenvalue weighted by Gasteiger charge is 2.17. The standard InChI is InChI=1S/C10H15BrN2O3S/c1-7-5-8(11)9(12)6-10(7)17(15,16)13-3-2-4-14/h5-6,13-14H,2-4,12H2,1H3. The molecular formula is C10H15BrN2O3S. The molecule has 0 bridgehead atoms. The number of sulfonamides is 1. The summed E-state index contributed by atoms with van der Waals surface area (Å²) in [6, 6.07) is 3.08. The van der Waals surface area contributed by atoms with E-state index in [1.807, 2.05) is 0 Å². The lowest BCUT2D eigenvalue weighted by molar-refractivity contribution is 0.289. The van der Waals surface area contributed by atoms with E-state index in [0.29, 0.717) is 22.1 Å². The summed E-state index contributed by atoms with van der Waals surface area (Å²) < 4.78 is 26.9. The summed E-state index contributed by atoms with van der Waals surface area (Å²) in [5, 5.41) is 8.61. The maximum atomic E-state index is 11.9. The maximum absolute atomic E-state index is 11.9. The minimum absolute atomic E-state index is 0.0516. The molecular weight excluding hydrogens is 308 g/mol. The molecule has 0 amide bonds. The van der Waals surface area contributed by atoms with Crippen LogP contribution in [0.15, 0.2) is 21.5 Å². The van der Waals surface area contributed by atoms with E-state index >= 15 is 0 Å². The van der Waals surface area contributed by atoms with Crippen molar-refractivity contribution < 1.29 is 13.5 Å². The number of benzene rings is 1. The van der Waals surface area contributed by atoms with Crippen LogP contribution in [0.1, 0.15) is 12.0 Å². The topological polar surface area (TPSA) is 92.4 Å². The van der Waals surface area contributed by atoms with Crippen molar-refractivity contribution in [3.8, 4) is 0 Å². The molecule has 96 valence electrons. The molecule has 0 aliphatic carbocycles. The lowest BCUT2D eigenvalue weighted by Crippen LogP contribution is -2.26. The van der Waals surface area contributed by atoms with Gasteiger partial charge in [-0.25, -0.2) is 13.1 Å². The fourth-order valence-electron chi connectivity index (χ4n) is 1.32. The number of rotatable bonds is 5. The molecule has 1 rings (SSSR count). The minimum atomic E-state index is -3.56. The van der Waals surface area contributed by atoms with Gasteiger partial charge >= 0.3 is 0 Å². The van der Waals surface area contributed by atoms with Crippen molar-refractivity contribution in [3.63, 3.8) is 0 Å². The lowest BCUT2D eigenvalue weighted by atomic mass is 10.2. The number of aliphatic hydroxyl groups excluding tert-OH is 1. The second-order valence-corrected chi connectivity index (χ2v) is 6.20. The van der Waals surface area contributed by atoms with Gasteiger partial charge in [-0.15, -0.1) is 0 Å². The zero-order chi connectivity index (χ0) is 13.1. The summed E-state index contributed by atoms with van der Waals surface area (Å²) in [7, 11) is -3.56. The van der Waals surface area contributed by atoms with Crippen LogP contribution in [0.3, 0.4) is 0 Å². The summed E-state index contributed by atoms with van der Waals surface area (Å²) in [6.07, 6.45) is 0.379. The summed E-state index contributed by atoms with van der Waals surface area (Å²) in [4.78, 5) is 0.163. The van der Waals surface area contributed by atoms with Crippen LogP contribution in [0.4, 0.5) is 5.69 Å². The first-order valence-electron chi connectivity index (χ1n) is 5.04. The first-order chi connectivity index (χ1) is 7.88. The van der Waals surface area contributed by atoms with Crippen LogP contribution in [-0.4, -0.2) is 26.7 Å². The molecule has 1 aromatic rings. The Labute approximate surface area is 109 Å². The zero-order valence-electron chi connectivity index (χ0n) is 9.40. The molecule has 0 atom stereocenters. The second-order valence-electron chi connectivity index (χ2n) is 3.61. The molecule has 1 aromatic carbocycles. The Kier molecular flexibility index (Phi) is 4.93. The molecule has 4 N–H and O–H groups in total. The van der Waals surface area contributed by atoms with Crippen LogP contribution in [-0.2, 0) is 10.0 Å². The van der Waals surface area contributed by atoms with Gasteiger partial charge in [0.25, 0.3) is 0 Å². The van der Waals surface area contributed by atoms with E-state index in [1.54, 1.807) is 13.0 Å². The molecule has 0 heterocycles. The number of hydrogen-bond acceptors (Lipinski definition) is 4. The predicted molar refractivity (Wildman–Crippen MR) is 70.2 cm³/mol. The molecule has 17 heavy (non-hydrogen) atoms. The molecule has 5 nitrogen and oxygen atoms in total. The van der Waals surface area contributed by atoms with Gasteiger partial charge in [-0.05, 0) is 47.0 Å². The molecule has 7 heteroatoms. The molecule has 0 saturated carbocycles. The van der Waals surface area contributed by atoms with E-state index in [9.17, 15) is 8.42 Å². The second kappa shape index (κ2) is 5.81. The first kappa shape index (κ1) is 14.4. The number of nitrogens with one attached hydrogen (secondary N) is 1. The van der Waals surface area contributed by atoms with Crippen LogP contribution in [0, 0.1) is 6.92 Å². The Balaban J connectivity index is 3.03. The number of nitrogen functional groups attached to an aromatic ring is 1. The number of anilines is 1. The quantitative estimate of drug-likeness (QED) is 0.557. The van der Waals surface area contributed by atoms with Gasteiger partial charge in [0.2, 0.25) is 10.0 Å². The summed E-state index contributed by atoms with van der Waals surface area (Å²) in [6.45, 7) is 1.85. The lowest BCUT2D eigenvalue weighted by Gasteiger charge is -2.10. The molecule has 0 fully saturated rings. The molecule has 0 spiro atoms. The highest BCUT2D eigenvalue weighted by molar-refractivity contribution is 9.10.